The summed E-state index contributed by atoms with van der Waals surface area (Å²) in [5.74, 6) is 0.683. The van der Waals surface area contributed by atoms with Gasteiger partial charge in [0.15, 0.2) is 0 Å². The first-order chi connectivity index (χ1) is 7.79. The van der Waals surface area contributed by atoms with Gasteiger partial charge in [0.05, 0.1) is 12.2 Å². The standard InChI is InChI=1S/C13H22N2O/c1-2-12-11(3-8-16-12)9-15-10-13(4-5-13)6-7-14/h11-12,15H,2-6,8-10H2,1H3. The first-order valence-corrected chi connectivity index (χ1v) is 6.49. The summed E-state index contributed by atoms with van der Waals surface area (Å²) in [4.78, 5) is 0. The fraction of sp³-hybridized carbons (Fsp3) is 0.923. The summed E-state index contributed by atoms with van der Waals surface area (Å²) < 4.78 is 5.67. The average Bonchev–Trinajstić information content (AvgIpc) is 2.90. The van der Waals surface area contributed by atoms with Crippen LogP contribution in [0.1, 0.15) is 39.0 Å². The third kappa shape index (κ3) is 2.75. The van der Waals surface area contributed by atoms with E-state index in [1.807, 2.05) is 0 Å². The predicted molar refractivity (Wildman–Crippen MR) is 62.9 cm³/mol. The Morgan fingerprint density at radius 2 is 2.31 bits per heavy atom. The van der Waals surface area contributed by atoms with E-state index >= 15 is 0 Å². The van der Waals surface area contributed by atoms with Gasteiger partial charge in [0.2, 0.25) is 0 Å². The van der Waals surface area contributed by atoms with E-state index in [0.29, 0.717) is 17.4 Å². The van der Waals surface area contributed by atoms with Crippen LogP contribution in [0, 0.1) is 22.7 Å². The average molecular weight is 222 g/mol. The summed E-state index contributed by atoms with van der Waals surface area (Å²) in [5, 5.41) is 12.3. The van der Waals surface area contributed by atoms with Crippen molar-refractivity contribution in [1.29, 1.82) is 5.26 Å². The van der Waals surface area contributed by atoms with E-state index in [0.717, 1.165) is 32.5 Å². The summed E-state index contributed by atoms with van der Waals surface area (Å²) >= 11 is 0. The van der Waals surface area contributed by atoms with E-state index in [2.05, 4.69) is 18.3 Å². The Bertz CT molecular complexity index is 268. The molecule has 0 aromatic carbocycles. The molecule has 16 heavy (non-hydrogen) atoms. The highest BCUT2D eigenvalue weighted by molar-refractivity contribution is 5.00. The Morgan fingerprint density at radius 3 is 2.94 bits per heavy atom. The number of nitriles is 1. The molecule has 0 amide bonds. The Labute approximate surface area is 98.2 Å². The second-order valence-corrected chi connectivity index (χ2v) is 5.33. The lowest BCUT2D eigenvalue weighted by molar-refractivity contribution is 0.0870. The number of hydrogen-bond donors (Lipinski definition) is 1. The molecule has 1 N–H and O–H groups in total. The molecule has 0 spiro atoms. The van der Waals surface area contributed by atoms with Gasteiger partial charge >= 0.3 is 0 Å². The maximum atomic E-state index is 8.74. The second kappa shape index (κ2) is 5.16. The van der Waals surface area contributed by atoms with Crippen molar-refractivity contribution in [2.75, 3.05) is 19.7 Å². The molecule has 2 fully saturated rings. The van der Waals surface area contributed by atoms with Crippen LogP contribution in [0.3, 0.4) is 0 Å². The summed E-state index contributed by atoms with van der Waals surface area (Å²) in [5.41, 5.74) is 0.329. The second-order valence-electron chi connectivity index (χ2n) is 5.33. The van der Waals surface area contributed by atoms with Gasteiger partial charge in [-0.15, -0.1) is 0 Å². The minimum absolute atomic E-state index is 0.329. The highest BCUT2D eigenvalue weighted by Crippen LogP contribution is 2.47. The fourth-order valence-electron chi connectivity index (χ4n) is 2.66. The van der Waals surface area contributed by atoms with E-state index in [1.165, 1.54) is 19.3 Å². The zero-order valence-corrected chi connectivity index (χ0v) is 10.2. The van der Waals surface area contributed by atoms with Crippen LogP contribution in [0.2, 0.25) is 0 Å². The molecule has 90 valence electrons. The van der Waals surface area contributed by atoms with Gasteiger partial charge in [-0.25, -0.2) is 0 Å². The lowest BCUT2D eigenvalue weighted by Gasteiger charge is -2.19. The summed E-state index contributed by atoms with van der Waals surface area (Å²) in [6.07, 6.45) is 5.95. The Hall–Kier alpha value is -0.590. The van der Waals surface area contributed by atoms with Crippen LogP contribution in [-0.4, -0.2) is 25.8 Å². The van der Waals surface area contributed by atoms with E-state index in [4.69, 9.17) is 10.00 Å². The zero-order valence-electron chi connectivity index (χ0n) is 10.2. The molecule has 1 heterocycles. The Balaban J connectivity index is 1.66. The van der Waals surface area contributed by atoms with E-state index < -0.39 is 0 Å². The van der Waals surface area contributed by atoms with Crippen molar-refractivity contribution in [3.63, 3.8) is 0 Å². The molecule has 1 saturated carbocycles. The molecule has 2 rings (SSSR count). The van der Waals surface area contributed by atoms with E-state index in [1.54, 1.807) is 0 Å². The third-order valence-corrected chi connectivity index (χ3v) is 4.07. The predicted octanol–water partition coefficient (Wildman–Crippen LogP) is 2.08. The monoisotopic (exact) mass is 222 g/mol. The molecule has 2 aliphatic rings. The smallest absolute Gasteiger partial charge is 0.0628 e. The molecule has 1 aliphatic heterocycles. The number of nitrogens with one attached hydrogen (secondary N) is 1. The van der Waals surface area contributed by atoms with Crippen LogP contribution in [0.25, 0.3) is 0 Å². The largest absolute Gasteiger partial charge is 0.378 e. The summed E-state index contributed by atoms with van der Waals surface area (Å²) in [7, 11) is 0. The van der Waals surface area contributed by atoms with Gasteiger partial charge < -0.3 is 10.1 Å². The quantitative estimate of drug-likeness (QED) is 0.748. The van der Waals surface area contributed by atoms with Crippen LogP contribution in [-0.2, 0) is 4.74 Å². The minimum atomic E-state index is 0.329. The lowest BCUT2D eigenvalue weighted by atomic mass is 9.98. The highest BCUT2D eigenvalue weighted by Gasteiger charge is 2.42. The normalized spacial score (nSPS) is 31.2. The molecule has 0 radical (unpaired) electrons. The number of hydrogen-bond acceptors (Lipinski definition) is 3. The molecule has 0 aromatic rings. The molecular formula is C13H22N2O. The molecule has 2 unspecified atom stereocenters. The van der Waals surface area contributed by atoms with Gasteiger partial charge in [-0.05, 0) is 37.0 Å². The first-order valence-electron chi connectivity index (χ1n) is 6.49. The molecule has 1 aliphatic carbocycles. The van der Waals surface area contributed by atoms with Crippen molar-refractivity contribution in [3.05, 3.63) is 0 Å². The molecule has 3 nitrogen and oxygen atoms in total. The summed E-state index contributed by atoms with van der Waals surface area (Å²) in [6, 6.07) is 2.30. The van der Waals surface area contributed by atoms with Crippen LogP contribution >= 0.6 is 0 Å². The van der Waals surface area contributed by atoms with Crippen molar-refractivity contribution < 1.29 is 4.74 Å². The molecule has 1 saturated heterocycles. The number of rotatable bonds is 6. The van der Waals surface area contributed by atoms with Crippen LogP contribution in [0.5, 0.6) is 0 Å². The van der Waals surface area contributed by atoms with Gasteiger partial charge in [-0.3, -0.25) is 0 Å². The SMILES string of the molecule is CCC1OCCC1CNCC1(CC#N)CC1. The van der Waals surface area contributed by atoms with Crippen molar-refractivity contribution in [3.8, 4) is 6.07 Å². The van der Waals surface area contributed by atoms with Gasteiger partial charge in [-0.2, -0.15) is 5.26 Å². The van der Waals surface area contributed by atoms with Crippen molar-refractivity contribution >= 4 is 0 Å². The molecule has 3 heteroatoms. The van der Waals surface area contributed by atoms with Crippen LogP contribution < -0.4 is 5.32 Å². The summed E-state index contributed by atoms with van der Waals surface area (Å²) in [6.45, 7) is 5.20. The van der Waals surface area contributed by atoms with Crippen LogP contribution in [0.15, 0.2) is 0 Å². The van der Waals surface area contributed by atoms with Gasteiger partial charge in [0.1, 0.15) is 0 Å². The van der Waals surface area contributed by atoms with Crippen molar-refractivity contribution in [1.82, 2.24) is 5.32 Å². The fourth-order valence-corrected chi connectivity index (χ4v) is 2.66. The number of nitrogens with zero attached hydrogens (tertiary/aromatic N) is 1. The van der Waals surface area contributed by atoms with Crippen molar-refractivity contribution in [2.45, 2.75) is 45.1 Å². The maximum Gasteiger partial charge on any atom is 0.0628 e. The maximum absolute atomic E-state index is 8.74. The Morgan fingerprint density at radius 1 is 1.50 bits per heavy atom. The van der Waals surface area contributed by atoms with E-state index in [9.17, 15) is 0 Å². The highest BCUT2D eigenvalue weighted by atomic mass is 16.5. The molecule has 0 aromatic heterocycles. The zero-order chi connectivity index (χ0) is 11.4. The lowest BCUT2D eigenvalue weighted by Crippen LogP contribution is -2.32. The van der Waals surface area contributed by atoms with Gasteiger partial charge in [0.25, 0.3) is 0 Å². The topological polar surface area (TPSA) is 45.0 Å². The Kier molecular flexibility index (Phi) is 3.83. The van der Waals surface area contributed by atoms with Gasteiger partial charge in [0, 0.05) is 26.1 Å². The molecule has 2 atom stereocenters. The molecular weight excluding hydrogens is 200 g/mol. The van der Waals surface area contributed by atoms with Crippen LogP contribution in [0.4, 0.5) is 0 Å². The number of ether oxygens (including phenoxy) is 1. The molecule has 0 bridgehead atoms. The van der Waals surface area contributed by atoms with Crippen molar-refractivity contribution in [2.24, 2.45) is 11.3 Å². The first kappa shape index (κ1) is 11.9. The van der Waals surface area contributed by atoms with Gasteiger partial charge in [-0.1, -0.05) is 6.92 Å². The minimum Gasteiger partial charge on any atom is -0.378 e. The van der Waals surface area contributed by atoms with E-state index in [-0.39, 0.29) is 0 Å². The third-order valence-electron chi connectivity index (χ3n) is 4.07.